The molecular formula is C2H4NNaO2. The van der Waals surface area contributed by atoms with Crippen LogP contribution in [0, 0.1) is 0 Å². The van der Waals surface area contributed by atoms with Crippen LogP contribution < -0.4 is 5.73 Å². The van der Waals surface area contributed by atoms with E-state index < -0.39 is 9.26 Å². The van der Waals surface area contributed by atoms with Crippen LogP contribution in [0.4, 0.5) is 0 Å². The maximum atomic E-state index is 9.61. The Morgan fingerprint density at radius 1 is 2.00 bits per heavy atom. The van der Waals surface area contributed by atoms with Gasteiger partial charge in [0.1, 0.15) is 0 Å². The van der Waals surface area contributed by atoms with E-state index in [4.69, 9.17) is 10.8 Å². The van der Waals surface area contributed by atoms with Crippen molar-refractivity contribution in [2.24, 2.45) is 5.73 Å². The molecule has 0 fully saturated rings. The molecule has 0 aromatic carbocycles. The van der Waals surface area contributed by atoms with Crippen LogP contribution in [0.5, 0.6) is 0 Å². The quantitative estimate of drug-likeness (QED) is 0.392. The zero-order valence-electron chi connectivity index (χ0n) is 3.51. The van der Waals surface area contributed by atoms with Gasteiger partial charge in [-0.25, -0.2) is 0 Å². The average Bonchev–Trinajstić information content (AvgIpc) is 1.36. The van der Waals surface area contributed by atoms with Gasteiger partial charge < -0.3 is 0 Å². The van der Waals surface area contributed by atoms with E-state index in [1.54, 1.807) is 0 Å². The predicted octanol–water partition coefficient (Wildman–Crippen LogP) is -1.48. The van der Waals surface area contributed by atoms with Crippen LogP contribution in [0.25, 0.3) is 0 Å². The first-order valence-corrected chi connectivity index (χ1v) is 2.78. The minimum absolute atomic E-state index is 0.532. The average molecular weight is 97.0 g/mol. The van der Waals surface area contributed by atoms with Crippen LogP contribution in [-0.2, 0) is 4.79 Å². The molecule has 1 unspecified atom stereocenters. The molecule has 0 heterocycles. The fourth-order valence-corrected chi connectivity index (χ4v) is 0. The minimum atomic E-state index is -0.901. The van der Waals surface area contributed by atoms with Crippen molar-refractivity contribution in [2.75, 3.05) is 0 Å². The molecule has 0 aromatic heterocycles. The molecule has 0 aliphatic carbocycles. The van der Waals surface area contributed by atoms with Crippen molar-refractivity contribution in [1.29, 1.82) is 0 Å². The number of carboxylic acid groups (broad SMARTS) is 1. The van der Waals surface area contributed by atoms with Gasteiger partial charge in [0.15, 0.2) is 0 Å². The predicted molar refractivity (Wildman–Crippen MR) is 21.4 cm³/mol. The summed E-state index contributed by atoms with van der Waals surface area (Å²) in [6.45, 7) is 0. The molecule has 0 radical (unpaired) electrons. The van der Waals surface area contributed by atoms with Crippen molar-refractivity contribution in [3.05, 3.63) is 0 Å². The first-order valence-electron chi connectivity index (χ1n) is 1.63. The van der Waals surface area contributed by atoms with Gasteiger partial charge in [0.2, 0.25) is 0 Å². The first kappa shape index (κ1) is 6.43. The van der Waals surface area contributed by atoms with E-state index in [2.05, 4.69) is 0 Å². The number of carboxylic acids is 1. The topological polar surface area (TPSA) is 63.3 Å². The second kappa shape index (κ2) is 2.58. The first-order chi connectivity index (χ1) is 2.64. The fourth-order valence-electron chi connectivity index (χ4n) is 0. The van der Waals surface area contributed by atoms with Gasteiger partial charge in [-0.15, -0.1) is 0 Å². The van der Waals surface area contributed by atoms with Crippen LogP contribution in [0.1, 0.15) is 0 Å². The number of rotatable bonds is 1. The third-order valence-electron chi connectivity index (χ3n) is 0.390. The molecule has 1 atom stereocenters. The fraction of sp³-hybridized carbons (Fsp3) is 0.500. The zero-order valence-corrected chi connectivity index (χ0v) is 5.51. The Labute approximate surface area is 52.9 Å². The molecular weight excluding hydrogens is 93.0 g/mol. The molecule has 0 aliphatic rings. The normalized spacial score (nSPS) is 13.8. The third-order valence-corrected chi connectivity index (χ3v) is 0.883. The number of nitrogens with two attached hydrogens (primary N) is 1. The summed E-state index contributed by atoms with van der Waals surface area (Å²) in [4.78, 5) is 9.61. The van der Waals surface area contributed by atoms with Gasteiger partial charge in [-0.2, -0.15) is 0 Å². The van der Waals surface area contributed by atoms with Crippen molar-refractivity contribution >= 4 is 33.9 Å². The Morgan fingerprint density at radius 3 is 2.17 bits per heavy atom. The summed E-state index contributed by atoms with van der Waals surface area (Å²) in [5, 5.41) is 7.90. The van der Waals surface area contributed by atoms with E-state index >= 15 is 0 Å². The van der Waals surface area contributed by atoms with Gasteiger partial charge in [-0.3, -0.25) is 0 Å². The summed E-state index contributed by atoms with van der Waals surface area (Å²) in [5.41, 5.74) is 4.90. The van der Waals surface area contributed by atoms with E-state index in [1.807, 2.05) is 0 Å². The van der Waals surface area contributed by atoms with Crippen molar-refractivity contribution in [3.8, 4) is 0 Å². The second-order valence-corrected chi connectivity index (χ2v) is 2.37. The van der Waals surface area contributed by atoms with Crippen molar-refractivity contribution < 1.29 is 9.90 Å². The van der Waals surface area contributed by atoms with Crippen molar-refractivity contribution in [2.45, 2.75) is 3.29 Å². The monoisotopic (exact) mass is 97.0 g/mol. The summed E-state index contributed by atoms with van der Waals surface area (Å²) in [6.07, 6.45) is 0. The van der Waals surface area contributed by atoms with E-state index in [9.17, 15) is 4.79 Å². The summed E-state index contributed by atoms with van der Waals surface area (Å²) in [7, 11) is 0. The van der Waals surface area contributed by atoms with E-state index in [0.717, 1.165) is 0 Å². The molecule has 0 rings (SSSR count). The van der Waals surface area contributed by atoms with Gasteiger partial charge in [0.05, 0.1) is 0 Å². The molecule has 0 aliphatic heterocycles. The number of hydrogen-bond donors (Lipinski definition) is 2. The van der Waals surface area contributed by atoms with Gasteiger partial charge >= 0.3 is 52.8 Å². The van der Waals surface area contributed by atoms with Crippen molar-refractivity contribution in [3.63, 3.8) is 0 Å². The zero-order chi connectivity index (χ0) is 5.15. The molecule has 6 heavy (non-hydrogen) atoms. The van der Waals surface area contributed by atoms with E-state index in [-0.39, 0.29) is 0 Å². The van der Waals surface area contributed by atoms with E-state index in [1.165, 1.54) is 0 Å². The van der Waals surface area contributed by atoms with Gasteiger partial charge in [-0.05, 0) is 0 Å². The Morgan fingerprint density at radius 2 is 2.17 bits per heavy atom. The Kier molecular flexibility index (Phi) is 2.76. The van der Waals surface area contributed by atoms with Crippen LogP contribution >= 0.6 is 0 Å². The summed E-state index contributed by atoms with van der Waals surface area (Å²) in [5.74, 6) is -0.901. The molecule has 4 heteroatoms. The number of aliphatic carboxylic acids is 1. The van der Waals surface area contributed by atoms with Crippen molar-refractivity contribution in [1.82, 2.24) is 0 Å². The summed E-state index contributed by atoms with van der Waals surface area (Å²) in [6, 6.07) is 0. The van der Waals surface area contributed by atoms with Gasteiger partial charge in [0.25, 0.3) is 0 Å². The molecule has 0 saturated heterocycles. The van der Waals surface area contributed by atoms with Gasteiger partial charge in [0, 0.05) is 0 Å². The molecule has 0 saturated carbocycles. The van der Waals surface area contributed by atoms with Gasteiger partial charge in [-0.1, -0.05) is 0 Å². The third kappa shape index (κ3) is 2.66. The SMILES string of the molecule is N[CH]([Na])C(=O)O. The Balaban J connectivity index is 3.26. The van der Waals surface area contributed by atoms with Crippen LogP contribution in [0.15, 0.2) is 0 Å². The number of carbonyl (C=O) groups is 1. The van der Waals surface area contributed by atoms with Crippen LogP contribution in [0.3, 0.4) is 0 Å². The summed E-state index contributed by atoms with van der Waals surface area (Å²) < 4.78 is -0.593. The Hall–Kier alpha value is 0.430. The molecule has 0 spiro atoms. The standard InChI is InChI=1S/C2H4NO2.Na/c3-1-2(4)5;/h1H,3H2,(H,4,5);. The molecule has 3 nitrogen and oxygen atoms in total. The van der Waals surface area contributed by atoms with Crippen LogP contribution in [-0.4, -0.2) is 42.3 Å². The molecule has 30 valence electrons. The summed E-state index contributed by atoms with van der Waals surface area (Å²) >= 11 is 0.532. The Bertz CT molecular complexity index is 62.6. The molecule has 0 amide bonds. The number of hydrogen-bond acceptors (Lipinski definition) is 2. The molecule has 3 N–H and O–H groups in total. The molecule has 0 aromatic rings. The van der Waals surface area contributed by atoms with E-state index in [0.29, 0.717) is 27.9 Å². The maximum absolute atomic E-state index is 9.61. The molecule has 0 bridgehead atoms. The second-order valence-electron chi connectivity index (χ2n) is 1.13. The van der Waals surface area contributed by atoms with Crippen LogP contribution in [0.2, 0.25) is 0 Å².